The molecule has 0 bridgehead atoms. The standard InChI is InChI=1S/C5H12N2O2.C4H6O4/c6-3-1-2-4(7)5(8)9;5-3(6)1-2-4(7)8/h4H,1-3,6-7H2,(H,8,9);1-2H2,(H,5,6)(H,7,8). The highest BCUT2D eigenvalue weighted by atomic mass is 16.4. The van der Waals surface area contributed by atoms with Crippen molar-refractivity contribution in [1.29, 1.82) is 0 Å². The number of hydrogen-bond donors (Lipinski definition) is 5. The van der Waals surface area contributed by atoms with Crippen molar-refractivity contribution in [2.24, 2.45) is 11.5 Å². The molecular weight excluding hydrogens is 232 g/mol. The summed E-state index contributed by atoms with van der Waals surface area (Å²) in [6, 6.07) is -0.742. The SMILES string of the molecule is NCCCC(N)C(=O)O.O=C(O)CCC(=O)O. The summed E-state index contributed by atoms with van der Waals surface area (Å²) in [5.74, 6) is -3.11. The maximum Gasteiger partial charge on any atom is 0.320 e. The van der Waals surface area contributed by atoms with Crippen LogP contribution in [0.3, 0.4) is 0 Å². The van der Waals surface area contributed by atoms with Gasteiger partial charge in [0.15, 0.2) is 0 Å². The van der Waals surface area contributed by atoms with Crippen molar-refractivity contribution in [1.82, 2.24) is 0 Å². The van der Waals surface area contributed by atoms with Crippen LogP contribution < -0.4 is 11.5 Å². The molecule has 0 aromatic heterocycles. The second kappa shape index (κ2) is 10.8. The van der Waals surface area contributed by atoms with E-state index in [9.17, 15) is 14.4 Å². The molecule has 0 radical (unpaired) electrons. The van der Waals surface area contributed by atoms with Gasteiger partial charge in [0.2, 0.25) is 0 Å². The Hall–Kier alpha value is -1.67. The quantitative estimate of drug-likeness (QED) is 0.386. The number of carboxylic acids is 3. The number of rotatable bonds is 7. The minimum atomic E-state index is -1.08. The van der Waals surface area contributed by atoms with E-state index in [0.29, 0.717) is 19.4 Å². The fourth-order valence-corrected chi connectivity index (χ4v) is 0.675. The van der Waals surface area contributed by atoms with Crippen LogP contribution in [0, 0.1) is 0 Å². The van der Waals surface area contributed by atoms with Gasteiger partial charge in [-0.2, -0.15) is 0 Å². The summed E-state index contributed by atoms with van der Waals surface area (Å²) in [6.45, 7) is 0.501. The largest absolute Gasteiger partial charge is 0.481 e. The zero-order valence-corrected chi connectivity index (χ0v) is 9.33. The number of aliphatic carboxylic acids is 3. The molecule has 100 valence electrons. The number of nitrogens with two attached hydrogens (primary N) is 2. The highest BCUT2D eigenvalue weighted by Gasteiger charge is 2.08. The summed E-state index contributed by atoms with van der Waals surface area (Å²) < 4.78 is 0. The summed E-state index contributed by atoms with van der Waals surface area (Å²) in [4.78, 5) is 29.3. The summed E-state index contributed by atoms with van der Waals surface area (Å²) in [6.07, 6.45) is 0.546. The van der Waals surface area contributed by atoms with E-state index >= 15 is 0 Å². The van der Waals surface area contributed by atoms with Crippen LogP contribution in [0.4, 0.5) is 0 Å². The van der Waals surface area contributed by atoms with Crippen LogP contribution in [0.15, 0.2) is 0 Å². The first-order valence-electron chi connectivity index (χ1n) is 4.93. The van der Waals surface area contributed by atoms with E-state index in [4.69, 9.17) is 26.8 Å². The average Bonchev–Trinajstić information content (AvgIpc) is 2.23. The van der Waals surface area contributed by atoms with Crippen LogP contribution >= 0.6 is 0 Å². The molecule has 0 saturated carbocycles. The molecule has 7 N–H and O–H groups in total. The highest BCUT2D eigenvalue weighted by molar-refractivity contribution is 5.75. The van der Waals surface area contributed by atoms with E-state index in [1.165, 1.54) is 0 Å². The van der Waals surface area contributed by atoms with Gasteiger partial charge in [0.25, 0.3) is 0 Å². The molecule has 8 nitrogen and oxygen atoms in total. The van der Waals surface area contributed by atoms with Crippen LogP contribution in [0.5, 0.6) is 0 Å². The third-order valence-corrected chi connectivity index (χ3v) is 1.59. The minimum absolute atomic E-state index is 0.296. The predicted octanol–water partition coefficient (Wildman–Crippen LogP) is -0.927. The van der Waals surface area contributed by atoms with Crippen molar-refractivity contribution in [3.05, 3.63) is 0 Å². The Morgan fingerprint density at radius 2 is 1.41 bits per heavy atom. The van der Waals surface area contributed by atoms with E-state index in [2.05, 4.69) is 0 Å². The van der Waals surface area contributed by atoms with Gasteiger partial charge in [0, 0.05) is 0 Å². The van der Waals surface area contributed by atoms with E-state index < -0.39 is 23.9 Å². The van der Waals surface area contributed by atoms with E-state index in [-0.39, 0.29) is 12.8 Å². The Kier molecular flexibility index (Phi) is 11.3. The molecule has 0 aliphatic rings. The van der Waals surface area contributed by atoms with E-state index in [0.717, 1.165) is 0 Å². The Morgan fingerprint density at radius 1 is 1.00 bits per heavy atom. The lowest BCUT2D eigenvalue weighted by Crippen LogP contribution is -2.30. The molecule has 0 aliphatic heterocycles. The first-order valence-corrected chi connectivity index (χ1v) is 4.93. The van der Waals surface area contributed by atoms with Gasteiger partial charge in [-0.15, -0.1) is 0 Å². The van der Waals surface area contributed by atoms with Gasteiger partial charge < -0.3 is 26.8 Å². The summed E-state index contributed by atoms with van der Waals surface area (Å²) in [5, 5.41) is 24.0. The smallest absolute Gasteiger partial charge is 0.320 e. The molecule has 0 aliphatic carbocycles. The Labute approximate surface area is 98.2 Å². The lowest BCUT2D eigenvalue weighted by molar-refractivity contribution is -0.143. The third kappa shape index (κ3) is 17.0. The zero-order chi connectivity index (χ0) is 13.8. The minimum Gasteiger partial charge on any atom is -0.481 e. The Balaban J connectivity index is 0. The fraction of sp³-hybridized carbons (Fsp3) is 0.667. The van der Waals surface area contributed by atoms with Gasteiger partial charge in [-0.3, -0.25) is 14.4 Å². The first kappa shape index (κ1) is 17.7. The van der Waals surface area contributed by atoms with Gasteiger partial charge in [-0.05, 0) is 19.4 Å². The molecule has 0 rings (SSSR count). The number of carboxylic acid groups (broad SMARTS) is 3. The lowest BCUT2D eigenvalue weighted by Gasteiger charge is -2.02. The predicted molar refractivity (Wildman–Crippen MR) is 58.4 cm³/mol. The van der Waals surface area contributed by atoms with Crippen molar-refractivity contribution in [3.8, 4) is 0 Å². The van der Waals surface area contributed by atoms with Crippen molar-refractivity contribution in [3.63, 3.8) is 0 Å². The van der Waals surface area contributed by atoms with Crippen molar-refractivity contribution in [2.75, 3.05) is 6.54 Å². The maximum absolute atomic E-state index is 10.0. The van der Waals surface area contributed by atoms with Crippen LogP contribution in [0.2, 0.25) is 0 Å². The zero-order valence-electron chi connectivity index (χ0n) is 9.33. The Bertz CT molecular complexity index is 242. The lowest BCUT2D eigenvalue weighted by atomic mass is 10.2. The van der Waals surface area contributed by atoms with Gasteiger partial charge in [-0.1, -0.05) is 0 Å². The van der Waals surface area contributed by atoms with Crippen LogP contribution in [0.25, 0.3) is 0 Å². The number of carbonyl (C=O) groups is 3. The molecule has 1 unspecified atom stereocenters. The molecule has 0 saturated heterocycles. The molecule has 17 heavy (non-hydrogen) atoms. The number of hydrogen-bond acceptors (Lipinski definition) is 5. The van der Waals surface area contributed by atoms with Crippen LogP contribution in [-0.4, -0.2) is 45.8 Å². The Morgan fingerprint density at radius 3 is 1.65 bits per heavy atom. The average molecular weight is 250 g/mol. The molecular formula is C9H18N2O6. The molecule has 0 spiro atoms. The molecule has 0 heterocycles. The fourth-order valence-electron chi connectivity index (χ4n) is 0.675. The van der Waals surface area contributed by atoms with Gasteiger partial charge >= 0.3 is 17.9 Å². The monoisotopic (exact) mass is 250 g/mol. The van der Waals surface area contributed by atoms with Crippen molar-refractivity contribution in [2.45, 2.75) is 31.7 Å². The molecule has 8 heteroatoms. The molecule has 0 fully saturated rings. The molecule has 0 amide bonds. The summed E-state index contributed by atoms with van der Waals surface area (Å²) in [5.41, 5.74) is 10.3. The molecule has 0 aromatic carbocycles. The van der Waals surface area contributed by atoms with E-state index in [1.807, 2.05) is 0 Å². The van der Waals surface area contributed by atoms with Crippen LogP contribution in [0.1, 0.15) is 25.7 Å². The topological polar surface area (TPSA) is 164 Å². The maximum atomic E-state index is 10.0. The molecule has 1 atom stereocenters. The highest BCUT2D eigenvalue weighted by Crippen LogP contribution is 1.91. The second-order valence-electron chi connectivity index (χ2n) is 3.16. The summed E-state index contributed by atoms with van der Waals surface area (Å²) >= 11 is 0. The normalized spacial score (nSPS) is 10.9. The first-order chi connectivity index (χ1) is 7.81. The van der Waals surface area contributed by atoms with Gasteiger partial charge in [0.1, 0.15) is 6.04 Å². The van der Waals surface area contributed by atoms with Crippen molar-refractivity contribution < 1.29 is 29.7 Å². The van der Waals surface area contributed by atoms with Gasteiger partial charge in [-0.25, -0.2) is 0 Å². The van der Waals surface area contributed by atoms with E-state index in [1.54, 1.807) is 0 Å². The van der Waals surface area contributed by atoms with Crippen molar-refractivity contribution >= 4 is 17.9 Å². The molecule has 0 aromatic rings. The third-order valence-electron chi connectivity index (χ3n) is 1.59. The summed E-state index contributed by atoms with van der Waals surface area (Å²) in [7, 11) is 0. The second-order valence-corrected chi connectivity index (χ2v) is 3.16. The van der Waals surface area contributed by atoms with Crippen LogP contribution in [-0.2, 0) is 14.4 Å². The van der Waals surface area contributed by atoms with Gasteiger partial charge in [0.05, 0.1) is 12.8 Å².